The minimum absolute atomic E-state index is 0.426. The van der Waals surface area contributed by atoms with E-state index in [0.717, 1.165) is 25.6 Å². The average Bonchev–Trinajstić information content (AvgIpc) is 2.61. The minimum atomic E-state index is 0.426. The first kappa shape index (κ1) is 12.0. The Morgan fingerprint density at radius 3 is 2.87 bits per heavy atom. The summed E-state index contributed by atoms with van der Waals surface area (Å²) in [7, 11) is 2.13. The van der Waals surface area contributed by atoms with Crippen LogP contribution in [0, 0.1) is 0 Å². The molecule has 0 atom stereocenters. The van der Waals surface area contributed by atoms with Gasteiger partial charge >= 0.3 is 0 Å². The molecular formula is C11H22N4. The van der Waals surface area contributed by atoms with Crippen LogP contribution in [0.15, 0.2) is 12.4 Å². The Bertz CT molecular complexity index is 280. The van der Waals surface area contributed by atoms with Crippen LogP contribution in [0.4, 0.5) is 5.95 Å². The van der Waals surface area contributed by atoms with Crippen LogP contribution in [0.1, 0.15) is 20.8 Å². The van der Waals surface area contributed by atoms with Crippen molar-refractivity contribution in [3.05, 3.63) is 12.4 Å². The molecule has 0 spiro atoms. The second kappa shape index (κ2) is 5.75. The summed E-state index contributed by atoms with van der Waals surface area (Å²) < 4.78 is 2.16. The summed E-state index contributed by atoms with van der Waals surface area (Å²) in [6.45, 7) is 9.54. The topological polar surface area (TPSA) is 33.1 Å². The quantitative estimate of drug-likeness (QED) is 0.775. The molecular weight excluding hydrogens is 188 g/mol. The summed E-state index contributed by atoms with van der Waals surface area (Å²) in [5.41, 5.74) is 0. The van der Waals surface area contributed by atoms with Crippen LogP contribution < -0.4 is 5.32 Å². The predicted molar refractivity (Wildman–Crippen MR) is 64.2 cm³/mol. The van der Waals surface area contributed by atoms with Crippen LogP contribution in [0.25, 0.3) is 0 Å². The van der Waals surface area contributed by atoms with E-state index in [1.165, 1.54) is 0 Å². The van der Waals surface area contributed by atoms with Crippen molar-refractivity contribution in [3.8, 4) is 0 Å². The van der Waals surface area contributed by atoms with Gasteiger partial charge in [-0.1, -0.05) is 6.92 Å². The van der Waals surface area contributed by atoms with Crippen LogP contribution in [0.3, 0.4) is 0 Å². The highest BCUT2D eigenvalue weighted by Gasteiger charge is 2.04. The summed E-state index contributed by atoms with van der Waals surface area (Å²) in [6, 6.07) is 0.426. The van der Waals surface area contributed by atoms with Crippen LogP contribution >= 0.6 is 0 Å². The average molecular weight is 210 g/mol. The summed E-state index contributed by atoms with van der Waals surface area (Å²) in [6.07, 6.45) is 3.87. The summed E-state index contributed by atoms with van der Waals surface area (Å²) >= 11 is 0. The maximum absolute atomic E-state index is 4.29. The molecule has 0 amide bonds. The third-order valence-electron chi connectivity index (χ3n) is 2.40. The highest BCUT2D eigenvalue weighted by atomic mass is 15.2. The van der Waals surface area contributed by atoms with E-state index < -0.39 is 0 Å². The fraction of sp³-hybridized carbons (Fsp3) is 0.727. The second-order valence-electron chi connectivity index (χ2n) is 4.14. The van der Waals surface area contributed by atoms with Crippen molar-refractivity contribution in [2.45, 2.75) is 33.4 Å². The van der Waals surface area contributed by atoms with Gasteiger partial charge < -0.3 is 14.8 Å². The van der Waals surface area contributed by atoms with Gasteiger partial charge in [0.25, 0.3) is 0 Å². The maximum atomic E-state index is 4.29. The van der Waals surface area contributed by atoms with E-state index in [2.05, 4.69) is 47.6 Å². The van der Waals surface area contributed by atoms with Gasteiger partial charge in [0.2, 0.25) is 5.95 Å². The molecule has 1 rings (SSSR count). The number of imidazole rings is 1. The van der Waals surface area contributed by atoms with E-state index in [9.17, 15) is 0 Å². The highest BCUT2D eigenvalue weighted by molar-refractivity contribution is 5.26. The highest BCUT2D eigenvalue weighted by Crippen LogP contribution is 2.05. The molecule has 0 aliphatic carbocycles. The Kier molecular flexibility index (Phi) is 4.62. The Hall–Kier alpha value is -1.03. The van der Waals surface area contributed by atoms with Gasteiger partial charge in [-0.05, 0) is 27.4 Å². The second-order valence-corrected chi connectivity index (χ2v) is 4.14. The van der Waals surface area contributed by atoms with Crippen molar-refractivity contribution in [1.29, 1.82) is 0 Å². The van der Waals surface area contributed by atoms with Gasteiger partial charge in [0.1, 0.15) is 0 Å². The number of rotatable bonds is 6. The molecule has 1 heterocycles. The lowest BCUT2D eigenvalue weighted by atomic mass is 10.4. The molecule has 15 heavy (non-hydrogen) atoms. The number of hydrogen-bond donors (Lipinski definition) is 1. The molecule has 0 saturated carbocycles. The van der Waals surface area contributed by atoms with Crippen molar-refractivity contribution >= 4 is 5.95 Å². The molecule has 4 heteroatoms. The third kappa shape index (κ3) is 3.91. The standard InChI is InChI=1S/C11H22N4/c1-5-14(4)8-9-15-7-6-12-11(15)13-10(2)3/h6-7,10H,5,8-9H2,1-4H3,(H,12,13). The zero-order valence-electron chi connectivity index (χ0n) is 10.2. The fourth-order valence-electron chi connectivity index (χ4n) is 1.32. The molecule has 0 aromatic carbocycles. The molecule has 4 nitrogen and oxygen atoms in total. The van der Waals surface area contributed by atoms with Crippen molar-refractivity contribution in [2.24, 2.45) is 0 Å². The summed E-state index contributed by atoms with van der Waals surface area (Å²) in [5, 5.41) is 3.33. The van der Waals surface area contributed by atoms with Crippen molar-refractivity contribution in [2.75, 3.05) is 25.5 Å². The number of likely N-dealkylation sites (N-methyl/N-ethyl adjacent to an activating group) is 1. The predicted octanol–water partition coefficient (Wildman–Crippen LogP) is 1.66. The lowest BCUT2D eigenvalue weighted by Crippen LogP contribution is -2.24. The van der Waals surface area contributed by atoms with E-state index in [-0.39, 0.29) is 0 Å². The molecule has 0 aliphatic heterocycles. The van der Waals surface area contributed by atoms with E-state index in [1.807, 2.05) is 12.4 Å². The van der Waals surface area contributed by atoms with E-state index in [0.29, 0.717) is 6.04 Å². The number of hydrogen-bond acceptors (Lipinski definition) is 3. The number of nitrogens with one attached hydrogen (secondary N) is 1. The first-order valence-corrected chi connectivity index (χ1v) is 5.59. The molecule has 1 aromatic heterocycles. The van der Waals surface area contributed by atoms with Crippen LogP contribution in [0.2, 0.25) is 0 Å². The largest absolute Gasteiger partial charge is 0.353 e. The minimum Gasteiger partial charge on any atom is -0.353 e. The zero-order chi connectivity index (χ0) is 11.3. The van der Waals surface area contributed by atoms with Crippen LogP contribution in [-0.4, -0.2) is 40.6 Å². The summed E-state index contributed by atoms with van der Waals surface area (Å²) in [4.78, 5) is 6.58. The Morgan fingerprint density at radius 1 is 1.53 bits per heavy atom. The van der Waals surface area contributed by atoms with E-state index in [1.54, 1.807) is 0 Å². The monoisotopic (exact) mass is 210 g/mol. The summed E-state index contributed by atoms with van der Waals surface area (Å²) in [5.74, 6) is 0.967. The molecule has 0 bridgehead atoms. The molecule has 86 valence electrons. The first-order valence-electron chi connectivity index (χ1n) is 5.59. The van der Waals surface area contributed by atoms with Gasteiger partial charge in [0, 0.05) is 31.5 Å². The normalized spacial score (nSPS) is 11.3. The first-order chi connectivity index (χ1) is 7.13. The lowest BCUT2D eigenvalue weighted by molar-refractivity contribution is 0.336. The lowest BCUT2D eigenvalue weighted by Gasteiger charge is -2.16. The molecule has 0 unspecified atom stereocenters. The van der Waals surface area contributed by atoms with Crippen LogP contribution in [-0.2, 0) is 6.54 Å². The molecule has 0 fully saturated rings. The Labute approximate surface area is 92.3 Å². The third-order valence-corrected chi connectivity index (χ3v) is 2.40. The number of nitrogens with zero attached hydrogens (tertiary/aromatic N) is 3. The SMILES string of the molecule is CCN(C)CCn1ccnc1NC(C)C. The Balaban J connectivity index is 2.49. The van der Waals surface area contributed by atoms with Gasteiger partial charge in [-0.25, -0.2) is 4.98 Å². The van der Waals surface area contributed by atoms with Crippen molar-refractivity contribution in [3.63, 3.8) is 0 Å². The van der Waals surface area contributed by atoms with Crippen molar-refractivity contribution < 1.29 is 0 Å². The molecule has 1 aromatic rings. The van der Waals surface area contributed by atoms with Crippen LogP contribution in [0.5, 0.6) is 0 Å². The van der Waals surface area contributed by atoms with E-state index >= 15 is 0 Å². The number of anilines is 1. The molecule has 1 N–H and O–H groups in total. The molecule has 0 aliphatic rings. The number of aromatic nitrogens is 2. The van der Waals surface area contributed by atoms with Gasteiger partial charge in [0.15, 0.2) is 0 Å². The Morgan fingerprint density at radius 2 is 2.27 bits per heavy atom. The van der Waals surface area contributed by atoms with Gasteiger partial charge in [-0.2, -0.15) is 0 Å². The van der Waals surface area contributed by atoms with Gasteiger partial charge in [-0.15, -0.1) is 0 Å². The molecule has 0 radical (unpaired) electrons. The van der Waals surface area contributed by atoms with Gasteiger partial charge in [0.05, 0.1) is 0 Å². The smallest absolute Gasteiger partial charge is 0.203 e. The fourth-order valence-corrected chi connectivity index (χ4v) is 1.32. The van der Waals surface area contributed by atoms with E-state index in [4.69, 9.17) is 0 Å². The molecule has 0 saturated heterocycles. The zero-order valence-corrected chi connectivity index (χ0v) is 10.2. The van der Waals surface area contributed by atoms with Crippen molar-refractivity contribution in [1.82, 2.24) is 14.5 Å². The maximum Gasteiger partial charge on any atom is 0.203 e. The van der Waals surface area contributed by atoms with Gasteiger partial charge in [-0.3, -0.25) is 0 Å².